The molecule has 0 fully saturated rings. The summed E-state index contributed by atoms with van der Waals surface area (Å²) in [6.07, 6.45) is 5.97. The average molecular weight is 408 g/mol. The number of amides is 1. The summed E-state index contributed by atoms with van der Waals surface area (Å²) in [5.41, 5.74) is 4.05. The van der Waals surface area contributed by atoms with Gasteiger partial charge in [-0.2, -0.15) is 0 Å². The Morgan fingerprint density at radius 1 is 1.10 bits per heavy atom. The smallest absolute Gasteiger partial charge is 0.264 e. The second-order valence-corrected chi connectivity index (χ2v) is 7.85. The van der Waals surface area contributed by atoms with E-state index in [0.29, 0.717) is 10.8 Å². The number of fused-ring (bicyclic) bond motifs is 1. The third-order valence-electron chi connectivity index (χ3n) is 5.38. The van der Waals surface area contributed by atoms with Crippen molar-refractivity contribution in [3.8, 4) is 11.4 Å². The number of hydrogen-bond donors (Lipinski definition) is 2. The molecule has 0 spiro atoms. The number of rotatable bonds is 4. The fraction of sp³-hybridized carbons (Fsp3) is 0.261. The van der Waals surface area contributed by atoms with E-state index in [1.54, 1.807) is 24.3 Å². The predicted molar refractivity (Wildman–Crippen MR) is 114 cm³/mol. The van der Waals surface area contributed by atoms with Crippen LogP contribution in [0.4, 0.5) is 0 Å². The summed E-state index contributed by atoms with van der Waals surface area (Å²) in [5.74, 6) is -0.0439. The number of nitrogens with one attached hydrogen (secondary N) is 2. The van der Waals surface area contributed by atoms with Crippen molar-refractivity contribution in [2.45, 2.75) is 38.6 Å². The Labute approximate surface area is 174 Å². The van der Waals surface area contributed by atoms with E-state index in [9.17, 15) is 9.59 Å². The molecule has 1 aliphatic rings. The number of hydrogen-bond acceptors (Lipinski definition) is 3. The molecule has 6 heteroatoms. The lowest BCUT2D eigenvalue weighted by molar-refractivity contribution is 0.0938. The highest BCUT2D eigenvalue weighted by Gasteiger charge is 2.17. The van der Waals surface area contributed by atoms with E-state index in [0.717, 1.165) is 24.0 Å². The molecule has 0 saturated heterocycles. The molecule has 1 aromatic heterocycles. The van der Waals surface area contributed by atoms with Crippen molar-refractivity contribution in [3.63, 3.8) is 0 Å². The first kappa shape index (κ1) is 19.4. The first-order chi connectivity index (χ1) is 14.0. The number of aromatic amines is 1. The Bertz CT molecular complexity index is 1110. The van der Waals surface area contributed by atoms with Crippen molar-refractivity contribution in [2.24, 2.45) is 0 Å². The second-order valence-electron chi connectivity index (χ2n) is 7.41. The Balaban J connectivity index is 1.51. The van der Waals surface area contributed by atoms with Gasteiger partial charge in [0, 0.05) is 16.8 Å². The normalized spacial score (nSPS) is 14.1. The molecular formula is C23H22ClN3O2. The van der Waals surface area contributed by atoms with Crippen molar-refractivity contribution in [1.29, 1.82) is 0 Å². The van der Waals surface area contributed by atoms with Gasteiger partial charge in [-0.05, 0) is 73.6 Å². The van der Waals surface area contributed by atoms with Gasteiger partial charge < -0.3 is 10.3 Å². The zero-order chi connectivity index (χ0) is 20.4. The van der Waals surface area contributed by atoms with Gasteiger partial charge in [-0.25, -0.2) is 4.98 Å². The topological polar surface area (TPSA) is 74.8 Å². The minimum atomic E-state index is -0.472. The zero-order valence-electron chi connectivity index (χ0n) is 16.2. The Morgan fingerprint density at radius 3 is 2.55 bits per heavy atom. The van der Waals surface area contributed by atoms with Crippen molar-refractivity contribution in [3.05, 3.63) is 86.3 Å². The number of nitrogens with zero attached hydrogens (tertiary/aromatic N) is 1. The van der Waals surface area contributed by atoms with Crippen LogP contribution in [0.5, 0.6) is 0 Å². The molecule has 1 aliphatic carbocycles. The lowest BCUT2D eigenvalue weighted by Crippen LogP contribution is -2.32. The van der Waals surface area contributed by atoms with Gasteiger partial charge in [-0.1, -0.05) is 29.8 Å². The number of aromatic nitrogens is 2. The molecule has 5 nitrogen and oxygen atoms in total. The standard InChI is InChI=1S/C23H22ClN3O2/c1-14(17-7-6-15-4-2-3-5-18(15)12-17)26-22(28)20-13-25-21(27-23(20)29)16-8-10-19(24)11-9-16/h6-14H,2-5H2,1H3,(H,26,28)(H,25,27,29). The third-order valence-corrected chi connectivity index (χ3v) is 5.63. The maximum absolute atomic E-state index is 12.6. The van der Waals surface area contributed by atoms with Crippen LogP contribution in [0.2, 0.25) is 5.02 Å². The number of halogens is 1. The van der Waals surface area contributed by atoms with E-state index < -0.39 is 11.5 Å². The maximum atomic E-state index is 12.6. The summed E-state index contributed by atoms with van der Waals surface area (Å²) in [7, 11) is 0. The van der Waals surface area contributed by atoms with Crippen LogP contribution >= 0.6 is 11.6 Å². The summed E-state index contributed by atoms with van der Waals surface area (Å²) in [6.45, 7) is 1.92. The maximum Gasteiger partial charge on any atom is 0.264 e. The lowest BCUT2D eigenvalue weighted by atomic mass is 9.89. The number of benzene rings is 2. The van der Waals surface area contributed by atoms with Crippen LogP contribution in [-0.2, 0) is 12.8 Å². The van der Waals surface area contributed by atoms with Crippen molar-refractivity contribution in [1.82, 2.24) is 15.3 Å². The molecule has 0 bridgehead atoms. The van der Waals surface area contributed by atoms with Gasteiger partial charge in [0.2, 0.25) is 0 Å². The van der Waals surface area contributed by atoms with E-state index in [2.05, 4.69) is 33.5 Å². The molecule has 4 rings (SSSR count). The van der Waals surface area contributed by atoms with Crippen molar-refractivity contribution < 1.29 is 4.79 Å². The minimum absolute atomic E-state index is 0.00692. The van der Waals surface area contributed by atoms with E-state index in [1.807, 2.05) is 6.92 Å². The molecule has 0 aliphatic heterocycles. The van der Waals surface area contributed by atoms with Crippen LogP contribution in [0, 0.1) is 0 Å². The van der Waals surface area contributed by atoms with E-state index in [1.165, 1.54) is 30.2 Å². The summed E-state index contributed by atoms with van der Waals surface area (Å²) in [4.78, 5) is 32.0. The summed E-state index contributed by atoms with van der Waals surface area (Å²) in [5, 5.41) is 3.51. The number of aryl methyl sites for hydroxylation is 2. The molecule has 1 atom stereocenters. The van der Waals surface area contributed by atoms with E-state index in [-0.39, 0.29) is 11.6 Å². The van der Waals surface area contributed by atoms with Gasteiger partial charge in [-0.15, -0.1) is 0 Å². The zero-order valence-corrected chi connectivity index (χ0v) is 16.9. The van der Waals surface area contributed by atoms with E-state index in [4.69, 9.17) is 11.6 Å². The fourth-order valence-electron chi connectivity index (χ4n) is 3.69. The summed E-state index contributed by atoms with van der Waals surface area (Å²) < 4.78 is 0. The quantitative estimate of drug-likeness (QED) is 0.670. The molecule has 148 valence electrons. The minimum Gasteiger partial charge on any atom is -0.345 e. The highest BCUT2D eigenvalue weighted by Crippen LogP contribution is 2.25. The Hall–Kier alpha value is -2.92. The van der Waals surface area contributed by atoms with E-state index >= 15 is 0 Å². The molecule has 0 saturated carbocycles. The fourth-order valence-corrected chi connectivity index (χ4v) is 3.82. The van der Waals surface area contributed by atoms with Crippen LogP contribution in [0.25, 0.3) is 11.4 Å². The van der Waals surface area contributed by atoms with Gasteiger partial charge in [0.15, 0.2) is 0 Å². The summed E-state index contributed by atoms with van der Waals surface area (Å²) in [6, 6.07) is 13.1. The van der Waals surface area contributed by atoms with Gasteiger partial charge in [0.1, 0.15) is 11.4 Å². The Morgan fingerprint density at radius 2 is 1.83 bits per heavy atom. The predicted octanol–water partition coefficient (Wildman–Crippen LogP) is 4.46. The molecule has 2 aromatic carbocycles. The molecule has 3 aromatic rings. The Kier molecular flexibility index (Phi) is 5.49. The van der Waals surface area contributed by atoms with Crippen LogP contribution in [-0.4, -0.2) is 15.9 Å². The molecule has 1 amide bonds. The first-order valence-electron chi connectivity index (χ1n) is 9.79. The first-order valence-corrected chi connectivity index (χ1v) is 10.2. The molecule has 1 unspecified atom stereocenters. The molecular weight excluding hydrogens is 386 g/mol. The van der Waals surface area contributed by atoms with Crippen LogP contribution in [0.3, 0.4) is 0 Å². The third kappa shape index (κ3) is 4.25. The number of H-pyrrole nitrogens is 1. The molecule has 1 heterocycles. The molecule has 29 heavy (non-hydrogen) atoms. The summed E-state index contributed by atoms with van der Waals surface area (Å²) >= 11 is 5.89. The SMILES string of the molecule is CC(NC(=O)c1cnc(-c2ccc(Cl)cc2)[nH]c1=O)c1ccc2c(c1)CCCC2. The second kappa shape index (κ2) is 8.21. The van der Waals surface area contributed by atoms with Crippen molar-refractivity contribution in [2.75, 3.05) is 0 Å². The molecule has 2 N–H and O–H groups in total. The average Bonchev–Trinajstić information content (AvgIpc) is 2.73. The van der Waals surface area contributed by atoms with Crippen LogP contribution in [0.15, 0.2) is 53.5 Å². The highest BCUT2D eigenvalue weighted by atomic mass is 35.5. The largest absolute Gasteiger partial charge is 0.345 e. The molecule has 0 radical (unpaired) electrons. The van der Waals surface area contributed by atoms with Gasteiger partial charge in [-0.3, -0.25) is 9.59 Å². The number of carbonyl (C=O) groups excluding carboxylic acids is 1. The van der Waals surface area contributed by atoms with Crippen LogP contribution in [0.1, 0.15) is 52.9 Å². The van der Waals surface area contributed by atoms with Gasteiger partial charge >= 0.3 is 0 Å². The van der Waals surface area contributed by atoms with Crippen LogP contribution < -0.4 is 10.9 Å². The monoisotopic (exact) mass is 407 g/mol. The highest BCUT2D eigenvalue weighted by molar-refractivity contribution is 6.30. The van der Waals surface area contributed by atoms with Gasteiger partial charge in [0.25, 0.3) is 11.5 Å². The lowest BCUT2D eigenvalue weighted by Gasteiger charge is -2.20. The number of carbonyl (C=O) groups is 1. The van der Waals surface area contributed by atoms with Gasteiger partial charge in [0.05, 0.1) is 6.04 Å². The van der Waals surface area contributed by atoms with Crippen molar-refractivity contribution >= 4 is 17.5 Å².